The third-order valence-electron chi connectivity index (χ3n) is 7.53. The summed E-state index contributed by atoms with van der Waals surface area (Å²) in [5, 5.41) is 12.1. The maximum absolute atomic E-state index is 13.3. The summed E-state index contributed by atoms with van der Waals surface area (Å²) < 4.78 is 31.0. The van der Waals surface area contributed by atoms with Gasteiger partial charge in [0.05, 0.1) is 23.3 Å². The van der Waals surface area contributed by atoms with Gasteiger partial charge in [0, 0.05) is 37.5 Å². The van der Waals surface area contributed by atoms with Crippen LogP contribution in [0.15, 0.2) is 85.3 Å². The van der Waals surface area contributed by atoms with Crippen LogP contribution in [0, 0.1) is 6.92 Å². The van der Waals surface area contributed by atoms with E-state index in [0.29, 0.717) is 49.4 Å². The number of carbonyl (C=O) groups is 1. The number of benzene rings is 2. The number of carbonyl (C=O) groups excluding carboxylic acids is 1. The molecule has 0 spiro atoms. The van der Waals surface area contributed by atoms with Gasteiger partial charge in [0.1, 0.15) is 11.4 Å². The molecule has 0 radical (unpaired) electrons. The number of aryl methyl sites for hydroxylation is 2. The van der Waals surface area contributed by atoms with Crippen LogP contribution in [0.5, 0.6) is 0 Å². The molecule has 1 aliphatic heterocycles. The molecule has 1 N–H and O–H groups in total. The first-order chi connectivity index (χ1) is 19.9. The van der Waals surface area contributed by atoms with E-state index < -0.39 is 10.0 Å². The van der Waals surface area contributed by atoms with Gasteiger partial charge in [-0.1, -0.05) is 48.0 Å². The molecule has 3 aromatic heterocycles. The molecule has 0 unspecified atom stereocenters. The van der Waals surface area contributed by atoms with Crippen LogP contribution in [0.3, 0.4) is 0 Å². The van der Waals surface area contributed by atoms with Gasteiger partial charge in [-0.2, -0.15) is 10.2 Å². The first-order valence-electron chi connectivity index (χ1n) is 13.7. The Labute approximate surface area is 238 Å². The Balaban J connectivity index is 1.20. The number of rotatable bonds is 8. The lowest BCUT2D eigenvalue weighted by atomic mass is 9.95. The molecule has 0 atom stereocenters. The summed E-state index contributed by atoms with van der Waals surface area (Å²) in [6.45, 7) is 2.89. The molecule has 10 nitrogen and oxygen atoms in total. The quantitative estimate of drug-likeness (QED) is 0.299. The molecule has 11 heteroatoms. The Bertz CT molecular complexity index is 1770. The Kier molecular flexibility index (Phi) is 7.38. The molecule has 1 aliphatic rings. The molecular weight excluding hydrogens is 538 g/mol. The highest BCUT2D eigenvalue weighted by Gasteiger charge is 2.30. The van der Waals surface area contributed by atoms with Crippen LogP contribution in [-0.4, -0.2) is 61.9 Å². The number of sulfonamides is 1. The fraction of sp³-hybridized carbons (Fsp3) is 0.267. The normalized spacial score (nSPS) is 14.9. The van der Waals surface area contributed by atoms with Crippen molar-refractivity contribution in [3.63, 3.8) is 0 Å². The van der Waals surface area contributed by atoms with Gasteiger partial charge in [-0.3, -0.25) is 4.79 Å². The van der Waals surface area contributed by atoms with Crippen LogP contribution in [-0.2, 0) is 16.4 Å². The van der Waals surface area contributed by atoms with Crippen molar-refractivity contribution in [2.24, 2.45) is 0 Å². The molecule has 6 rings (SSSR count). The van der Waals surface area contributed by atoms with Crippen molar-refractivity contribution in [1.82, 2.24) is 28.7 Å². The van der Waals surface area contributed by atoms with Gasteiger partial charge in [-0.05, 0) is 49.9 Å². The summed E-state index contributed by atoms with van der Waals surface area (Å²) in [7, 11) is -3.36. The van der Waals surface area contributed by atoms with E-state index in [1.807, 2.05) is 67.6 Å². The van der Waals surface area contributed by atoms with E-state index in [2.05, 4.69) is 15.4 Å². The van der Waals surface area contributed by atoms with E-state index in [1.54, 1.807) is 32.0 Å². The standard InChI is InChI=1S/C30H31N7O3S/c1-22-8-10-25(11-9-22)37-28(33-30(38)26-21-32-36-16-5-15-31-29(26)36)20-27(34-37)24-12-17-35(18-13-24)41(39,40)19-14-23-6-3-2-4-7-23/h2-11,15-16,20-21,24H,12-14,17-19H2,1H3,(H,33,38). The average Bonchev–Trinajstić information content (AvgIpc) is 3.62. The van der Waals surface area contributed by atoms with E-state index in [9.17, 15) is 13.2 Å². The molecule has 0 saturated carbocycles. The SMILES string of the molecule is Cc1ccc(-n2nc(C3CCN(S(=O)(=O)CCc4ccccc4)CC3)cc2NC(=O)c2cnn3cccnc23)cc1. The summed E-state index contributed by atoms with van der Waals surface area (Å²) in [5.74, 6) is 0.356. The van der Waals surface area contributed by atoms with Gasteiger partial charge in [-0.25, -0.2) is 26.9 Å². The molecule has 0 aliphatic carbocycles. The zero-order valence-corrected chi connectivity index (χ0v) is 23.5. The Morgan fingerprint density at radius 1 is 1.02 bits per heavy atom. The topological polar surface area (TPSA) is 114 Å². The number of nitrogens with zero attached hydrogens (tertiary/aromatic N) is 6. The maximum Gasteiger partial charge on any atom is 0.262 e. The number of anilines is 1. The van der Waals surface area contributed by atoms with Crippen LogP contribution in [0.25, 0.3) is 11.3 Å². The van der Waals surface area contributed by atoms with E-state index in [1.165, 1.54) is 6.20 Å². The molecule has 41 heavy (non-hydrogen) atoms. The second kappa shape index (κ2) is 11.3. The fourth-order valence-corrected chi connectivity index (χ4v) is 6.71. The largest absolute Gasteiger partial charge is 0.306 e. The summed E-state index contributed by atoms with van der Waals surface area (Å²) in [5.41, 5.74) is 4.59. The van der Waals surface area contributed by atoms with Crippen LogP contribution >= 0.6 is 0 Å². The van der Waals surface area contributed by atoms with Crippen molar-refractivity contribution in [3.05, 3.63) is 108 Å². The van der Waals surface area contributed by atoms with Gasteiger partial charge in [0.15, 0.2) is 5.65 Å². The molecule has 1 amide bonds. The van der Waals surface area contributed by atoms with Gasteiger partial charge in [-0.15, -0.1) is 0 Å². The Hall–Kier alpha value is -4.35. The predicted octanol–water partition coefficient (Wildman–Crippen LogP) is 4.23. The molecule has 210 valence electrons. The molecule has 1 saturated heterocycles. The van der Waals surface area contributed by atoms with Crippen molar-refractivity contribution in [2.45, 2.75) is 32.1 Å². The lowest BCUT2D eigenvalue weighted by molar-refractivity contribution is 0.102. The lowest BCUT2D eigenvalue weighted by Crippen LogP contribution is -2.39. The molecule has 5 aromatic rings. The van der Waals surface area contributed by atoms with Gasteiger partial charge < -0.3 is 5.32 Å². The minimum atomic E-state index is -3.36. The monoisotopic (exact) mass is 569 g/mol. The van der Waals surface area contributed by atoms with E-state index >= 15 is 0 Å². The first kappa shape index (κ1) is 26.9. The highest BCUT2D eigenvalue weighted by Crippen LogP contribution is 2.31. The minimum absolute atomic E-state index is 0.0663. The molecule has 2 aromatic carbocycles. The summed E-state index contributed by atoms with van der Waals surface area (Å²) in [4.78, 5) is 17.6. The zero-order valence-electron chi connectivity index (χ0n) is 22.7. The minimum Gasteiger partial charge on any atom is -0.306 e. The van der Waals surface area contributed by atoms with Crippen molar-refractivity contribution in [3.8, 4) is 5.69 Å². The van der Waals surface area contributed by atoms with E-state index in [4.69, 9.17) is 5.10 Å². The first-order valence-corrected chi connectivity index (χ1v) is 15.3. The Morgan fingerprint density at radius 2 is 1.78 bits per heavy atom. The second-order valence-corrected chi connectivity index (χ2v) is 12.4. The van der Waals surface area contributed by atoms with Crippen LogP contribution in [0.1, 0.15) is 45.9 Å². The van der Waals surface area contributed by atoms with Crippen LogP contribution in [0.2, 0.25) is 0 Å². The Morgan fingerprint density at radius 3 is 2.54 bits per heavy atom. The average molecular weight is 570 g/mol. The number of hydrogen-bond donors (Lipinski definition) is 1. The number of amides is 1. The molecule has 0 bridgehead atoms. The number of hydrogen-bond acceptors (Lipinski definition) is 6. The number of piperidine rings is 1. The number of nitrogens with one attached hydrogen (secondary N) is 1. The maximum atomic E-state index is 13.3. The smallest absolute Gasteiger partial charge is 0.262 e. The van der Waals surface area contributed by atoms with Crippen molar-refractivity contribution < 1.29 is 13.2 Å². The number of fused-ring (bicyclic) bond motifs is 1. The van der Waals surface area contributed by atoms with Gasteiger partial charge >= 0.3 is 0 Å². The van der Waals surface area contributed by atoms with E-state index in [-0.39, 0.29) is 17.6 Å². The zero-order chi connectivity index (χ0) is 28.4. The molecule has 4 heterocycles. The van der Waals surface area contributed by atoms with Gasteiger partial charge in [0.2, 0.25) is 10.0 Å². The highest BCUT2D eigenvalue weighted by molar-refractivity contribution is 7.89. The third kappa shape index (κ3) is 5.77. The predicted molar refractivity (Wildman–Crippen MR) is 157 cm³/mol. The third-order valence-corrected chi connectivity index (χ3v) is 9.40. The highest BCUT2D eigenvalue weighted by atomic mass is 32.2. The second-order valence-electron chi connectivity index (χ2n) is 10.3. The van der Waals surface area contributed by atoms with Crippen LogP contribution < -0.4 is 5.32 Å². The van der Waals surface area contributed by atoms with Crippen LogP contribution in [0.4, 0.5) is 5.82 Å². The summed E-state index contributed by atoms with van der Waals surface area (Å²) >= 11 is 0. The molecular formula is C30H31N7O3S. The summed E-state index contributed by atoms with van der Waals surface area (Å²) in [6.07, 6.45) is 6.66. The summed E-state index contributed by atoms with van der Waals surface area (Å²) in [6, 6.07) is 21.2. The molecule has 1 fully saturated rings. The fourth-order valence-electron chi connectivity index (χ4n) is 5.19. The van der Waals surface area contributed by atoms with Crippen molar-refractivity contribution >= 4 is 27.4 Å². The number of aromatic nitrogens is 5. The van der Waals surface area contributed by atoms with Crippen molar-refractivity contribution in [2.75, 3.05) is 24.2 Å². The van der Waals surface area contributed by atoms with Gasteiger partial charge in [0.25, 0.3) is 5.91 Å². The van der Waals surface area contributed by atoms with E-state index in [0.717, 1.165) is 22.5 Å². The lowest BCUT2D eigenvalue weighted by Gasteiger charge is -2.30. The van der Waals surface area contributed by atoms with Crippen molar-refractivity contribution in [1.29, 1.82) is 0 Å².